The molecule has 2 aromatic rings. The van der Waals surface area contributed by atoms with Crippen LogP contribution in [0, 0.1) is 11.7 Å². The summed E-state index contributed by atoms with van der Waals surface area (Å²) < 4.78 is 18.6. The number of nitrogens with one attached hydrogen (secondary N) is 1. The van der Waals surface area contributed by atoms with Crippen LogP contribution in [0.5, 0.6) is 0 Å². The Morgan fingerprint density at radius 1 is 0.931 bits per heavy atom. The van der Waals surface area contributed by atoms with Crippen LogP contribution in [0.4, 0.5) is 4.39 Å². The van der Waals surface area contributed by atoms with Crippen LogP contribution in [-0.2, 0) is 14.9 Å². The van der Waals surface area contributed by atoms with Crippen LogP contribution >= 0.6 is 0 Å². The molecule has 0 spiro atoms. The highest BCUT2D eigenvalue weighted by molar-refractivity contribution is 5.96. The molecule has 4 nitrogen and oxygen atoms in total. The number of carbonyl (C=O) groups is 2. The molecule has 0 unspecified atom stereocenters. The summed E-state index contributed by atoms with van der Waals surface area (Å²) >= 11 is 0. The number of carbonyl (C=O) groups excluding carboxylic acids is 2. The highest BCUT2D eigenvalue weighted by atomic mass is 19.1. The van der Waals surface area contributed by atoms with Crippen LogP contribution in [0.1, 0.15) is 69.1 Å². The normalized spacial score (nSPS) is 13.7. The summed E-state index contributed by atoms with van der Waals surface area (Å²) in [5, 5.41) is 2.78. The van der Waals surface area contributed by atoms with Crippen molar-refractivity contribution in [1.82, 2.24) is 5.32 Å². The first-order chi connectivity index (χ1) is 13.5. The lowest BCUT2D eigenvalue weighted by atomic mass is 9.86. The van der Waals surface area contributed by atoms with Gasteiger partial charge in [-0.3, -0.25) is 4.79 Å². The van der Waals surface area contributed by atoms with Crippen molar-refractivity contribution in [2.45, 2.75) is 59.1 Å². The maximum atomic E-state index is 13.1. The summed E-state index contributed by atoms with van der Waals surface area (Å²) in [4.78, 5) is 25.3. The Kier molecular flexibility index (Phi) is 7.17. The molecule has 1 amide bonds. The molecule has 0 aliphatic rings. The van der Waals surface area contributed by atoms with Crippen LogP contribution in [0.2, 0.25) is 0 Å². The molecule has 0 saturated heterocycles. The fraction of sp³-hybridized carbons (Fsp3) is 0.417. The Balaban J connectivity index is 2.07. The van der Waals surface area contributed by atoms with E-state index in [4.69, 9.17) is 4.74 Å². The van der Waals surface area contributed by atoms with Gasteiger partial charge >= 0.3 is 5.97 Å². The highest BCUT2D eigenvalue weighted by Gasteiger charge is 2.28. The second kappa shape index (κ2) is 9.21. The molecular formula is C24H30FNO3. The third-order valence-corrected chi connectivity index (χ3v) is 4.85. The van der Waals surface area contributed by atoms with E-state index in [1.807, 2.05) is 26.0 Å². The minimum Gasteiger partial charge on any atom is -0.456 e. The molecule has 5 heteroatoms. The number of esters is 1. The molecule has 2 rings (SSSR count). The van der Waals surface area contributed by atoms with Gasteiger partial charge in [-0.25, -0.2) is 9.18 Å². The van der Waals surface area contributed by atoms with Crippen molar-refractivity contribution in [2.24, 2.45) is 5.92 Å². The molecule has 0 aliphatic carbocycles. The second-order valence-corrected chi connectivity index (χ2v) is 8.65. The first-order valence-electron chi connectivity index (χ1n) is 9.86. The number of hydrogen-bond donors (Lipinski definition) is 1. The van der Waals surface area contributed by atoms with Crippen LogP contribution in [0.25, 0.3) is 0 Å². The molecule has 0 radical (unpaired) electrons. The molecule has 29 heavy (non-hydrogen) atoms. The van der Waals surface area contributed by atoms with Crippen molar-refractivity contribution < 1.29 is 18.7 Å². The van der Waals surface area contributed by atoms with Crippen LogP contribution in [0.3, 0.4) is 0 Å². The SMILES string of the molecule is CC(C)[C@H](NC(=O)c1ccc(C(C)(C)C)cc1)C(=O)O[C@H](C)c1ccc(F)cc1. The zero-order valence-corrected chi connectivity index (χ0v) is 18.0. The molecule has 2 atom stereocenters. The van der Waals surface area contributed by atoms with E-state index in [0.717, 1.165) is 5.56 Å². The minimum atomic E-state index is -0.785. The van der Waals surface area contributed by atoms with E-state index >= 15 is 0 Å². The van der Waals surface area contributed by atoms with Gasteiger partial charge in [0.2, 0.25) is 0 Å². The van der Waals surface area contributed by atoms with Gasteiger partial charge in [-0.15, -0.1) is 0 Å². The van der Waals surface area contributed by atoms with Crippen molar-refractivity contribution in [3.05, 3.63) is 71.0 Å². The predicted molar refractivity (Wildman–Crippen MR) is 112 cm³/mol. The van der Waals surface area contributed by atoms with E-state index in [-0.39, 0.29) is 23.1 Å². The number of rotatable bonds is 6. The molecule has 0 heterocycles. The van der Waals surface area contributed by atoms with E-state index in [1.54, 1.807) is 31.2 Å². The molecule has 156 valence electrons. The maximum absolute atomic E-state index is 13.1. The van der Waals surface area contributed by atoms with Gasteiger partial charge in [0, 0.05) is 5.56 Å². The minimum absolute atomic E-state index is 0.00419. The largest absolute Gasteiger partial charge is 0.456 e. The zero-order valence-electron chi connectivity index (χ0n) is 18.0. The van der Waals surface area contributed by atoms with Crippen molar-refractivity contribution in [3.8, 4) is 0 Å². The first kappa shape index (κ1) is 22.6. The number of benzene rings is 2. The molecule has 0 fully saturated rings. The average Bonchev–Trinajstić information content (AvgIpc) is 2.65. The summed E-state index contributed by atoms with van der Waals surface area (Å²) in [6.45, 7) is 11.7. The summed E-state index contributed by atoms with van der Waals surface area (Å²) in [6.07, 6.45) is -0.549. The zero-order chi connectivity index (χ0) is 21.8. The van der Waals surface area contributed by atoms with Crippen molar-refractivity contribution in [2.75, 3.05) is 0 Å². The molecule has 2 aromatic carbocycles. The lowest BCUT2D eigenvalue weighted by Crippen LogP contribution is -2.45. The van der Waals surface area contributed by atoms with Gasteiger partial charge in [0.25, 0.3) is 5.91 Å². The van der Waals surface area contributed by atoms with E-state index < -0.39 is 18.1 Å². The summed E-state index contributed by atoms with van der Waals surface area (Å²) in [6, 6.07) is 12.4. The number of ether oxygens (including phenoxy) is 1. The smallest absolute Gasteiger partial charge is 0.329 e. The number of amides is 1. The van der Waals surface area contributed by atoms with Crippen LogP contribution in [-0.4, -0.2) is 17.9 Å². The Bertz CT molecular complexity index is 836. The second-order valence-electron chi connectivity index (χ2n) is 8.65. The molecule has 0 saturated carbocycles. The number of halogens is 1. The van der Waals surface area contributed by atoms with Gasteiger partial charge in [-0.2, -0.15) is 0 Å². The fourth-order valence-electron chi connectivity index (χ4n) is 2.89. The monoisotopic (exact) mass is 399 g/mol. The Morgan fingerprint density at radius 2 is 1.48 bits per heavy atom. The topological polar surface area (TPSA) is 55.4 Å². The first-order valence-corrected chi connectivity index (χ1v) is 9.86. The van der Waals surface area contributed by atoms with Crippen LogP contribution < -0.4 is 5.32 Å². The summed E-state index contributed by atoms with van der Waals surface area (Å²) in [7, 11) is 0. The van der Waals surface area contributed by atoms with E-state index in [0.29, 0.717) is 11.1 Å². The predicted octanol–water partition coefficient (Wildman–Crippen LogP) is 5.18. The number of hydrogen-bond acceptors (Lipinski definition) is 3. The van der Waals surface area contributed by atoms with Crippen molar-refractivity contribution in [1.29, 1.82) is 0 Å². The van der Waals surface area contributed by atoms with E-state index in [2.05, 4.69) is 26.1 Å². The van der Waals surface area contributed by atoms with Crippen LogP contribution in [0.15, 0.2) is 48.5 Å². The van der Waals surface area contributed by atoms with Gasteiger partial charge in [0.1, 0.15) is 18.0 Å². The highest BCUT2D eigenvalue weighted by Crippen LogP contribution is 2.23. The summed E-state index contributed by atoms with van der Waals surface area (Å²) in [5.74, 6) is -1.34. The van der Waals surface area contributed by atoms with E-state index in [9.17, 15) is 14.0 Å². The van der Waals surface area contributed by atoms with Gasteiger partial charge in [-0.1, -0.05) is 58.9 Å². The third-order valence-electron chi connectivity index (χ3n) is 4.85. The van der Waals surface area contributed by atoms with Gasteiger partial charge in [-0.05, 0) is 53.6 Å². The quantitative estimate of drug-likeness (QED) is 0.681. The van der Waals surface area contributed by atoms with Gasteiger partial charge < -0.3 is 10.1 Å². The third kappa shape index (κ3) is 6.14. The molecule has 0 aromatic heterocycles. The van der Waals surface area contributed by atoms with Gasteiger partial charge in [0.15, 0.2) is 0 Å². The standard InChI is InChI=1S/C24H30FNO3/c1-15(2)21(23(28)29-16(3)17-9-13-20(25)14-10-17)26-22(27)18-7-11-19(12-8-18)24(4,5)6/h7-16,21H,1-6H3,(H,26,27)/t16-,21+/m1/s1. The van der Waals surface area contributed by atoms with Gasteiger partial charge in [0.05, 0.1) is 0 Å². The Hall–Kier alpha value is -2.69. The molecule has 0 bridgehead atoms. The lowest BCUT2D eigenvalue weighted by molar-refractivity contribution is -0.152. The summed E-state index contributed by atoms with van der Waals surface area (Å²) in [5.41, 5.74) is 2.30. The fourth-order valence-corrected chi connectivity index (χ4v) is 2.89. The maximum Gasteiger partial charge on any atom is 0.329 e. The Labute approximate surface area is 172 Å². The molecule has 1 N–H and O–H groups in total. The molecular weight excluding hydrogens is 369 g/mol. The Morgan fingerprint density at radius 3 is 1.97 bits per heavy atom. The van der Waals surface area contributed by atoms with E-state index in [1.165, 1.54) is 12.1 Å². The van der Waals surface area contributed by atoms with Crippen molar-refractivity contribution in [3.63, 3.8) is 0 Å². The van der Waals surface area contributed by atoms with Crippen molar-refractivity contribution >= 4 is 11.9 Å². The molecule has 0 aliphatic heterocycles. The lowest BCUT2D eigenvalue weighted by Gasteiger charge is -2.24. The average molecular weight is 400 g/mol.